The van der Waals surface area contributed by atoms with Crippen LogP contribution in [0.25, 0.3) is 0 Å². The number of fused-ring (bicyclic) bond motifs is 2. The molecule has 1 aromatic rings. The van der Waals surface area contributed by atoms with E-state index in [-0.39, 0.29) is 24.4 Å². The van der Waals surface area contributed by atoms with Crippen LogP contribution in [0.1, 0.15) is 24.5 Å². The van der Waals surface area contributed by atoms with Gasteiger partial charge in [0.1, 0.15) is 6.10 Å². The van der Waals surface area contributed by atoms with Crippen LogP contribution in [-0.4, -0.2) is 36.9 Å². The summed E-state index contributed by atoms with van der Waals surface area (Å²) in [4.78, 5) is 13.9. The van der Waals surface area contributed by atoms with Crippen molar-refractivity contribution in [1.29, 1.82) is 0 Å². The monoisotopic (exact) mass is 325 g/mol. The summed E-state index contributed by atoms with van der Waals surface area (Å²) in [5.74, 6) is 1.42. The van der Waals surface area contributed by atoms with Gasteiger partial charge in [-0.25, -0.2) is 0 Å². The molecule has 0 bridgehead atoms. The molecular weight excluding hydrogens is 306 g/mol. The van der Waals surface area contributed by atoms with Gasteiger partial charge in [-0.15, -0.1) is 0 Å². The molecule has 1 aliphatic carbocycles. The molecule has 2 atom stereocenters. The Balaban J connectivity index is 1.65. The molecule has 0 N–H and O–H groups in total. The summed E-state index contributed by atoms with van der Waals surface area (Å²) in [7, 11) is 0. The Bertz CT molecular complexity index is 797. The first-order valence-electron chi connectivity index (χ1n) is 8.41. The summed E-state index contributed by atoms with van der Waals surface area (Å²) in [6.07, 6.45) is 7.97. The fourth-order valence-electron chi connectivity index (χ4n) is 4.58. The molecule has 3 heterocycles. The minimum absolute atomic E-state index is 0.198. The highest BCUT2D eigenvalue weighted by Gasteiger charge is 2.51. The van der Waals surface area contributed by atoms with Gasteiger partial charge in [-0.1, -0.05) is 12.2 Å². The van der Waals surface area contributed by atoms with E-state index >= 15 is 0 Å². The van der Waals surface area contributed by atoms with E-state index in [2.05, 4.69) is 29.2 Å². The maximum Gasteiger partial charge on any atom is 0.303 e. The van der Waals surface area contributed by atoms with Crippen LogP contribution in [0.4, 0.5) is 0 Å². The Labute approximate surface area is 140 Å². The molecule has 0 aromatic heterocycles. The average Bonchev–Trinajstić information content (AvgIpc) is 3.15. The van der Waals surface area contributed by atoms with E-state index in [1.165, 1.54) is 23.6 Å². The smallest absolute Gasteiger partial charge is 0.303 e. The van der Waals surface area contributed by atoms with Crippen molar-refractivity contribution in [2.75, 3.05) is 19.9 Å². The zero-order valence-electron chi connectivity index (χ0n) is 13.6. The molecule has 0 fully saturated rings. The van der Waals surface area contributed by atoms with Gasteiger partial charge < -0.3 is 14.2 Å². The third-order valence-electron chi connectivity index (χ3n) is 5.55. The van der Waals surface area contributed by atoms with Crippen LogP contribution in [0.3, 0.4) is 0 Å². The summed E-state index contributed by atoms with van der Waals surface area (Å²) >= 11 is 0. The molecule has 1 spiro atoms. The maximum atomic E-state index is 11.4. The Morgan fingerprint density at radius 1 is 1.33 bits per heavy atom. The Hall–Kier alpha value is -2.27. The fourth-order valence-corrected chi connectivity index (χ4v) is 4.58. The highest BCUT2D eigenvalue weighted by Crippen LogP contribution is 2.52. The molecule has 1 aromatic carbocycles. The van der Waals surface area contributed by atoms with Crippen molar-refractivity contribution >= 4 is 5.97 Å². The number of esters is 1. The number of hydrogen-bond donors (Lipinski definition) is 0. The second kappa shape index (κ2) is 4.86. The highest BCUT2D eigenvalue weighted by atomic mass is 16.7. The number of hydrogen-bond acceptors (Lipinski definition) is 5. The van der Waals surface area contributed by atoms with Gasteiger partial charge in [0.25, 0.3) is 0 Å². The van der Waals surface area contributed by atoms with Gasteiger partial charge in [0, 0.05) is 26.4 Å². The third kappa shape index (κ3) is 1.82. The molecule has 0 saturated carbocycles. The minimum atomic E-state index is -0.236. The second-order valence-electron chi connectivity index (χ2n) is 6.79. The van der Waals surface area contributed by atoms with Gasteiger partial charge in [0.05, 0.1) is 5.54 Å². The Morgan fingerprint density at radius 2 is 2.17 bits per heavy atom. The number of benzene rings is 1. The molecule has 3 aliphatic heterocycles. The third-order valence-corrected chi connectivity index (χ3v) is 5.55. The standard InChI is InChI=1S/C19H19NO4/c1-12(21)24-15-3-2-14-5-7-20-6-4-13-8-17-18(23-11-22-17)9-16(13)19(14,20)10-15/h2-3,5,8-9,15H,4,6-7,10-11H2,1H3/t15-,19-/m0/s1. The number of carbonyl (C=O) groups is 1. The first-order chi connectivity index (χ1) is 11.7. The number of nitrogens with zero attached hydrogens (tertiary/aromatic N) is 1. The van der Waals surface area contributed by atoms with E-state index in [1.54, 1.807) is 0 Å². The van der Waals surface area contributed by atoms with Crippen LogP contribution in [0.15, 0.2) is 35.9 Å². The number of ether oxygens (including phenoxy) is 3. The first-order valence-corrected chi connectivity index (χ1v) is 8.41. The lowest BCUT2D eigenvalue weighted by Crippen LogP contribution is -2.51. The van der Waals surface area contributed by atoms with E-state index in [1.807, 2.05) is 6.08 Å². The summed E-state index contributed by atoms with van der Waals surface area (Å²) in [5.41, 5.74) is 3.65. The van der Waals surface area contributed by atoms with Crippen LogP contribution in [0.2, 0.25) is 0 Å². The maximum absolute atomic E-state index is 11.4. The Kier molecular flexibility index (Phi) is 2.86. The van der Waals surface area contributed by atoms with Gasteiger partial charge >= 0.3 is 5.97 Å². The van der Waals surface area contributed by atoms with Gasteiger partial charge in [0.15, 0.2) is 11.5 Å². The van der Waals surface area contributed by atoms with Crippen molar-refractivity contribution in [3.8, 4) is 11.5 Å². The van der Waals surface area contributed by atoms with Crippen LogP contribution < -0.4 is 9.47 Å². The van der Waals surface area contributed by atoms with Gasteiger partial charge in [-0.2, -0.15) is 0 Å². The number of rotatable bonds is 1. The van der Waals surface area contributed by atoms with Crippen LogP contribution in [-0.2, 0) is 21.5 Å². The summed E-state index contributed by atoms with van der Waals surface area (Å²) in [6.45, 7) is 3.68. The molecule has 5 heteroatoms. The lowest BCUT2D eigenvalue weighted by molar-refractivity contribution is -0.145. The van der Waals surface area contributed by atoms with Crippen LogP contribution in [0, 0.1) is 0 Å². The van der Waals surface area contributed by atoms with E-state index in [4.69, 9.17) is 14.2 Å². The second-order valence-corrected chi connectivity index (χ2v) is 6.79. The predicted octanol–water partition coefficient (Wildman–Crippen LogP) is 2.30. The van der Waals surface area contributed by atoms with E-state index < -0.39 is 0 Å². The van der Waals surface area contributed by atoms with E-state index in [0.29, 0.717) is 0 Å². The molecule has 0 amide bonds. The van der Waals surface area contributed by atoms with Gasteiger partial charge in [-0.05, 0) is 41.3 Å². The van der Waals surface area contributed by atoms with Crippen molar-refractivity contribution in [3.63, 3.8) is 0 Å². The van der Waals surface area contributed by atoms with Gasteiger partial charge in [0.2, 0.25) is 6.79 Å². The molecule has 0 unspecified atom stereocenters. The quantitative estimate of drug-likeness (QED) is 0.742. The van der Waals surface area contributed by atoms with Crippen molar-refractivity contribution in [1.82, 2.24) is 4.90 Å². The van der Waals surface area contributed by atoms with Crippen molar-refractivity contribution in [2.24, 2.45) is 0 Å². The SMILES string of the molecule is CC(=O)O[C@H]1C=CC2=CCN3CCc4cc5c(cc4[C@]23C1)OCO5. The van der Waals surface area contributed by atoms with Crippen molar-refractivity contribution in [3.05, 3.63) is 47.1 Å². The lowest BCUT2D eigenvalue weighted by atomic mass is 9.71. The molecule has 24 heavy (non-hydrogen) atoms. The predicted molar refractivity (Wildman–Crippen MR) is 86.9 cm³/mol. The van der Waals surface area contributed by atoms with Crippen LogP contribution in [0.5, 0.6) is 11.5 Å². The molecule has 124 valence electrons. The molecule has 0 radical (unpaired) electrons. The lowest BCUT2D eigenvalue weighted by Gasteiger charge is -2.48. The average molecular weight is 325 g/mol. The first kappa shape index (κ1) is 14.1. The van der Waals surface area contributed by atoms with E-state index in [0.717, 1.165) is 37.4 Å². The van der Waals surface area contributed by atoms with E-state index in [9.17, 15) is 4.79 Å². The molecule has 5 rings (SSSR count). The van der Waals surface area contributed by atoms with Crippen molar-refractivity contribution in [2.45, 2.75) is 31.4 Å². The molecule has 5 nitrogen and oxygen atoms in total. The van der Waals surface area contributed by atoms with Crippen LogP contribution >= 0.6 is 0 Å². The normalized spacial score (nSPS) is 29.5. The summed E-state index contributed by atoms with van der Waals surface area (Å²) in [5, 5.41) is 0. The minimum Gasteiger partial charge on any atom is -0.458 e. The highest BCUT2D eigenvalue weighted by molar-refractivity contribution is 5.67. The van der Waals surface area contributed by atoms with Crippen molar-refractivity contribution < 1.29 is 19.0 Å². The molecular formula is C19H19NO4. The summed E-state index contributed by atoms with van der Waals surface area (Å²) < 4.78 is 16.7. The topological polar surface area (TPSA) is 48.0 Å². The fraction of sp³-hybridized carbons (Fsp3) is 0.421. The largest absolute Gasteiger partial charge is 0.458 e. The number of carbonyl (C=O) groups excluding carboxylic acids is 1. The molecule has 0 saturated heterocycles. The van der Waals surface area contributed by atoms with Gasteiger partial charge in [-0.3, -0.25) is 9.69 Å². The summed E-state index contributed by atoms with van der Waals surface area (Å²) in [6, 6.07) is 4.26. The Morgan fingerprint density at radius 3 is 3.00 bits per heavy atom. The molecule has 4 aliphatic rings. The zero-order chi connectivity index (χ0) is 16.3. The zero-order valence-corrected chi connectivity index (χ0v) is 13.6.